The fourth-order valence-electron chi connectivity index (χ4n) is 1.11. The molecular weight excluding hydrogens is 168 g/mol. The number of nitrogens with two attached hydrogens (primary N) is 1. The van der Waals surface area contributed by atoms with Crippen LogP contribution in [0.4, 0.5) is 0 Å². The van der Waals surface area contributed by atoms with E-state index in [0.717, 1.165) is 32.3 Å². The summed E-state index contributed by atoms with van der Waals surface area (Å²) in [7, 11) is 1.68. The van der Waals surface area contributed by atoms with Crippen molar-refractivity contribution in [2.75, 3.05) is 20.3 Å². The Kier molecular flexibility index (Phi) is 3.69. The molecule has 13 heavy (non-hydrogen) atoms. The van der Waals surface area contributed by atoms with E-state index in [0.29, 0.717) is 6.54 Å². The molecule has 3 N–H and O–H groups in total. The number of hydrogen-bond donors (Lipinski definition) is 2. The normalized spacial score (nSPS) is 18.3. The van der Waals surface area contributed by atoms with Crippen molar-refractivity contribution in [1.29, 1.82) is 0 Å². The van der Waals surface area contributed by atoms with Gasteiger partial charge in [-0.1, -0.05) is 0 Å². The lowest BCUT2D eigenvalue weighted by Crippen LogP contribution is -2.43. The zero-order valence-electron chi connectivity index (χ0n) is 8.14. The first kappa shape index (κ1) is 10.5. The summed E-state index contributed by atoms with van der Waals surface area (Å²) in [5.74, 6) is 0.00455. The van der Waals surface area contributed by atoms with Crippen molar-refractivity contribution in [2.45, 2.75) is 31.2 Å². The molecule has 0 radical (unpaired) electrons. The Morgan fingerprint density at radius 3 is 2.77 bits per heavy atom. The molecule has 1 saturated carbocycles. The molecule has 76 valence electrons. The van der Waals surface area contributed by atoms with Gasteiger partial charge >= 0.3 is 0 Å². The van der Waals surface area contributed by atoms with E-state index >= 15 is 0 Å². The van der Waals surface area contributed by atoms with E-state index in [1.54, 1.807) is 7.11 Å². The number of methoxy groups -OCH3 is 1. The third-order valence-corrected chi connectivity index (χ3v) is 2.30. The molecule has 1 rings (SSSR count). The molecule has 1 amide bonds. The number of ether oxygens (including phenoxy) is 1. The number of carbonyl (C=O) groups excluding carboxylic acids is 1. The average Bonchev–Trinajstić information content (AvgIpc) is 2.84. The highest BCUT2D eigenvalue weighted by molar-refractivity contribution is 5.88. The zero-order valence-corrected chi connectivity index (χ0v) is 8.14. The van der Waals surface area contributed by atoms with Gasteiger partial charge in [-0.25, -0.2) is 0 Å². The van der Waals surface area contributed by atoms with Gasteiger partial charge in [0.05, 0.1) is 5.54 Å². The molecule has 0 aromatic carbocycles. The van der Waals surface area contributed by atoms with Gasteiger partial charge in [-0.15, -0.1) is 0 Å². The Morgan fingerprint density at radius 1 is 1.54 bits per heavy atom. The van der Waals surface area contributed by atoms with Gasteiger partial charge in [-0.2, -0.15) is 0 Å². The van der Waals surface area contributed by atoms with Crippen LogP contribution in [-0.2, 0) is 9.53 Å². The molecule has 0 bridgehead atoms. The van der Waals surface area contributed by atoms with Gasteiger partial charge in [0, 0.05) is 20.3 Å². The summed E-state index contributed by atoms with van der Waals surface area (Å²) in [4.78, 5) is 11.3. The smallest absolute Gasteiger partial charge is 0.240 e. The molecular formula is C9H18N2O2. The number of unbranched alkanes of at least 4 members (excludes halogenated alkanes) is 1. The fraction of sp³-hybridized carbons (Fsp3) is 0.889. The lowest BCUT2D eigenvalue weighted by Gasteiger charge is -2.09. The minimum atomic E-state index is -0.527. The van der Waals surface area contributed by atoms with Crippen molar-refractivity contribution in [3.8, 4) is 0 Å². The molecule has 0 saturated heterocycles. The maximum absolute atomic E-state index is 11.3. The van der Waals surface area contributed by atoms with E-state index in [1.165, 1.54) is 0 Å². The molecule has 4 nitrogen and oxygen atoms in total. The third kappa shape index (κ3) is 3.32. The molecule has 4 heteroatoms. The van der Waals surface area contributed by atoms with Crippen molar-refractivity contribution in [3.05, 3.63) is 0 Å². The number of carbonyl (C=O) groups is 1. The van der Waals surface area contributed by atoms with E-state index < -0.39 is 5.54 Å². The predicted octanol–water partition coefficient (Wildman–Crippen LogP) is 0.0205. The Morgan fingerprint density at radius 2 is 2.23 bits per heavy atom. The maximum Gasteiger partial charge on any atom is 0.240 e. The van der Waals surface area contributed by atoms with Crippen molar-refractivity contribution in [2.24, 2.45) is 5.73 Å². The number of rotatable bonds is 6. The van der Waals surface area contributed by atoms with E-state index in [9.17, 15) is 4.79 Å². The van der Waals surface area contributed by atoms with E-state index in [4.69, 9.17) is 10.5 Å². The van der Waals surface area contributed by atoms with Gasteiger partial charge in [0.1, 0.15) is 0 Å². The Hall–Kier alpha value is -0.610. The van der Waals surface area contributed by atoms with E-state index in [2.05, 4.69) is 5.32 Å². The molecule has 0 spiro atoms. The van der Waals surface area contributed by atoms with Gasteiger partial charge in [0.2, 0.25) is 5.91 Å². The van der Waals surface area contributed by atoms with Crippen molar-refractivity contribution in [1.82, 2.24) is 5.32 Å². The largest absolute Gasteiger partial charge is 0.385 e. The monoisotopic (exact) mass is 186 g/mol. The summed E-state index contributed by atoms with van der Waals surface area (Å²) in [6, 6.07) is 0. The van der Waals surface area contributed by atoms with Crippen LogP contribution in [0.25, 0.3) is 0 Å². The Labute approximate surface area is 78.8 Å². The highest BCUT2D eigenvalue weighted by atomic mass is 16.5. The number of amides is 1. The summed E-state index contributed by atoms with van der Waals surface area (Å²) >= 11 is 0. The van der Waals surface area contributed by atoms with Crippen LogP contribution in [0.1, 0.15) is 25.7 Å². The van der Waals surface area contributed by atoms with Gasteiger partial charge in [0.15, 0.2) is 0 Å². The average molecular weight is 186 g/mol. The quantitative estimate of drug-likeness (QED) is 0.575. The number of nitrogens with one attached hydrogen (secondary N) is 1. The molecule has 1 fully saturated rings. The first-order valence-corrected chi connectivity index (χ1v) is 4.75. The van der Waals surface area contributed by atoms with Gasteiger partial charge in [0.25, 0.3) is 0 Å². The summed E-state index contributed by atoms with van der Waals surface area (Å²) in [5, 5.41) is 2.82. The minimum Gasteiger partial charge on any atom is -0.385 e. The standard InChI is InChI=1S/C9H18N2O2/c1-13-7-3-2-6-11-8(12)9(10)4-5-9/h2-7,10H2,1H3,(H,11,12). The topological polar surface area (TPSA) is 64.3 Å². The van der Waals surface area contributed by atoms with E-state index in [1.807, 2.05) is 0 Å². The minimum absolute atomic E-state index is 0.00455. The second-order valence-corrected chi connectivity index (χ2v) is 3.61. The highest BCUT2D eigenvalue weighted by Crippen LogP contribution is 2.31. The third-order valence-electron chi connectivity index (χ3n) is 2.30. The fourth-order valence-corrected chi connectivity index (χ4v) is 1.11. The second-order valence-electron chi connectivity index (χ2n) is 3.61. The van der Waals surface area contributed by atoms with Crippen LogP contribution in [-0.4, -0.2) is 31.7 Å². The van der Waals surface area contributed by atoms with Crippen LogP contribution in [0.15, 0.2) is 0 Å². The molecule has 0 aliphatic heterocycles. The molecule has 1 aliphatic carbocycles. The zero-order chi connectivity index (χ0) is 9.73. The second kappa shape index (κ2) is 4.58. The molecule has 0 aromatic heterocycles. The highest BCUT2D eigenvalue weighted by Gasteiger charge is 2.45. The molecule has 0 aromatic rings. The first-order valence-electron chi connectivity index (χ1n) is 4.75. The number of hydrogen-bond acceptors (Lipinski definition) is 3. The molecule has 0 unspecified atom stereocenters. The Bertz CT molecular complexity index is 178. The van der Waals surface area contributed by atoms with Crippen LogP contribution < -0.4 is 11.1 Å². The summed E-state index contributed by atoms with van der Waals surface area (Å²) < 4.78 is 4.89. The lowest BCUT2D eigenvalue weighted by atomic mass is 10.2. The molecule has 1 aliphatic rings. The lowest BCUT2D eigenvalue weighted by molar-refractivity contribution is -0.123. The van der Waals surface area contributed by atoms with Crippen LogP contribution in [0.2, 0.25) is 0 Å². The SMILES string of the molecule is COCCCCNC(=O)C1(N)CC1. The van der Waals surface area contributed by atoms with Gasteiger partial charge in [-0.3, -0.25) is 4.79 Å². The van der Waals surface area contributed by atoms with Gasteiger partial charge < -0.3 is 15.8 Å². The van der Waals surface area contributed by atoms with E-state index in [-0.39, 0.29) is 5.91 Å². The Balaban J connectivity index is 1.96. The predicted molar refractivity (Wildman–Crippen MR) is 50.3 cm³/mol. The molecule has 0 atom stereocenters. The maximum atomic E-state index is 11.3. The molecule has 0 heterocycles. The van der Waals surface area contributed by atoms with Crippen LogP contribution in [0.5, 0.6) is 0 Å². The van der Waals surface area contributed by atoms with Crippen LogP contribution in [0, 0.1) is 0 Å². The van der Waals surface area contributed by atoms with Crippen molar-refractivity contribution in [3.63, 3.8) is 0 Å². The van der Waals surface area contributed by atoms with Crippen LogP contribution in [0.3, 0.4) is 0 Å². The summed E-state index contributed by atoms with van der Waals surface area (Å²) in [6.45, 7) is 1.46. The summed E-state index contributed by atoms with van der Waals surface area (Å²) in [6.07, 6.45) is 3.60. The van der Waals surface area contributed by atoms with Crippen LogP contribution >= 0.6 is 0 Å². The van der Waals surface area contributed by atoms with Crippen molar-refractivity contribution < 1.29 is 9.53 Å². The van der Waals surface area contributed by atoms with Gasteiger partial charge in [-0.05, 0) is 25.7 Å². The van der Waals surface area contributed by atoms with Crippen molar-refractivity contribution >= 4 is 5.91 Å². The summed E-state index contributed by atoms with van der Waals surface area (Å²) in [5.41, 5.74) is 5.17. The first-order chi connectivity index (χ1) is 6.19.